The van der Waals surface area contributed by atoms with Gasteiger partial charge in [-0.05, 0) is 30.5 Å². The van der Waals surface area contributed by atoms with E-state index in [0.29, 0.717) is 23.3 Å². The molecule has 0 amide bonds. The van der Waals surface area contributed by atoms with Crippen LogP contribution in [0.2, 0.25) is 0 Å². The second-order valence-electron chi connectivity index (χ2n) is 7.78. The number of aromatic nitrogens is 5. The fraction of sp³-hybridized carbons (Fsp3) is 0.333. The van der Waals surface area contributed by atoms with Crippen LogP contribution in [0.15, 0.2) is 49.7 Å². The van der Waals surface area contributed by atoms with Crippen molar-refractivity contribution in [2.24, 2.45) is 5.92 Å². The number of aromatic hydroxyl groups is 1. The van der Waals surface area contributed by atoms with Crippen LogP contribution < -0.4 is 5.32 Å². The fourth-order valence-corrected chi connectivity index (χ4v) is 4.33. The summed E-state index contributed by atoms with van der Waals surface area (Å²) >= 11 is 0. The van der Waals surface area contributed by atoms with Crippen LogP contribution in [-0.4, -0.2) is 54.3 Å². The van der Waals surface area contributed by atoms with Crippen molar-refractivity contribution in [3.63, 3.8) is 0 Å². The van der Waals surface area contributed by atoms with Gasteiger partial charge in [-0.25, -0.2) is 18.7 Å². The second kappa shape index (κ2) is 7.24. The highest BCUT2D eigenvalue weighted by molar-refractivity contribution is 5.67. The van der Waals surface area contributed by atoms with Gasteiger partial charge >= 0.3 is 0 Å². The molecule has 3 aromatic rings. The second-order valence-corrected chi connectivity index (χ2v) is 7.78. The molecule has 1 aromatic carbocycles. The maximum Gasteiger partial charge on any atom is 0.185 e. The van der Waals surface area contributed by atoms with Crippen molar-refractivity contribution < 1.29 is 13.9 Å². The summed E-state index contributed by atoms with van der Waals surface area (Å²) in [5, 5.41) is 21.6. The van der Waals surface area contributed by atoms with Crippen molar-refractivity contribution >= 4 is 5.57 Å². The predicted molar refractivity (Wildman–Crippen MR) is 106 cm³/mol. The molecule has 0 radical (unpaired) electrons. The van der Waals surface area contributed by atoms with E-state index >= 15 is 0 Å². The summed E-state index contributed by atoms with van der Waals surface area (Å²) in [6.07, 6.45) is 4.77. The van der Waals surface area contributed by atoms with E-state index in [9.17, 15) is 13.9 Å². The number of phenols is 1. The Balaban J connectivity index is 1.36. The quantitative estimate of drug-likeness (QED) is 0.688. The molecule has 2 saturated heterocycles. The lowest BCUT2D eigenvalue weighted by molar-refractivity contribution is 0.163. The number of phenolic OH excluding ortho intramolecular Hbond substituents is 1. The molecule has 30 heavy (non-hydrogen) atoms. The van der Waals surface area contributed by atoms with Gasteiger partial charge in [0, 0.05) is 36.5 Å². The fourth-order valence-electron chi connectivity index (χ4n) is 4.33. The molecule has 2 aliphatic heterocycles. The highest BCUT2D eigenvalue weighted by atomic mass is 19.1. The lowest BCUT2D eigenvalue weighted by atomic mass is 9.84. The van der Waals surface area contributed by atoms with Crippen molar-refractivity contribution in [3.8, 4) is 22.8 Å². The van der Waals surface area contributed by atoms with E-state index in [1.807, 2.05) is 0 Å². The molecule has 0 aliphatic carbocycles. The molecule has 154 valence electrons. The minimum atomic E-state index is -1.23. The summed E-state index contributed by atoms with van der Waals surface area (Å²) in [6.45, 7) is 3.99. The predicted octanol–water partition coefficient (Wildman–Crippen LogP) is 2.87. The van der Waals surface area contributed by atoms with Gasteiger partial charge in [-0.3, -0.25) is 0 Å². The first-order valence-corrected chi connectivity index (χ1v) is 9.76. The molecule has 5 rings (SSSR count). The third kappa shape index (κ3) is 3.15. The summed E-state index contributed by atoms with van der Waals surface area (Å²) in [6, 6.07) is 4.24. The van der Waals surface area contributed by atoms with Crippen molar-refractivity contribution in [3.05, 3.63) is 55.4 Å². The minimum absolute atomic E-state index is 0.00214. The van der Waals surface area contributed by atoms with Crippen molar-refractivity contribution in [1.82, 2.24) is 30.0 Å². The van der Waals surface area contributed by atoms with E-state index in [-0.39, 0.29) is 24.0 Å². The van der Waals surface area contributed by atoms with Crippen LogP contribution in [0.25, 0.3) is 22.6 Å². The summed E-state index contributed by atoms with van der Waals surface area (Å²) in [4.78, 5) is 8.27. The number of nitrogens with one attached hydrogen (secondary N) is 1. The number of piperidine rings is 1. The average molecular weight is 410 g/mol. The van der Waals surface area contributed by atoms with E-state index in [0.717, 1.165) is 5.69 Å². The van der Waals surface area contributed by atoms with E-state index in [4.69, 9.17) is 0 Å². The number of halogens is 2. The molecule has 5 atom stereocenters. The van der Waals surface area contributed by atoms with Crippen LogP contribution in [0.5, 0.6) is 5.75 Å². The van der Waals surface area contributed by atoms with E-state index in [1.165, 1.54) is 6.20 Å². The Bertz CT molecular complexity index is 1070. The van der Waals surface area contributed by atoms with Crippen LogP contribution in [0.3, 0.4) is 0 Å². The van der Waals surface area contributed by atoms with Gasteiger partial charge in [0.1, 0.15) is 23.8 Å². The third-order valence-corrected chi connectivity index (χ3v) is 5.98. The van der Waals surface area contributed by atoms with E-state index < -0.39 is 24.3 Å². The summed E-state index contributed by atoms with van der Waals surface area (Å²) in [5.74, 6) is -0.277. The molecule has 9 heteroatoms. The van der Waals surface area contributed by atoms with Crippen molar-refractivity contribution in [2.75, 3.05) is 0 Å². The number of benzene rings is 1. The lowest BCUT2D eigenvalue weighted by Gasteiger charge is -2.33. The number of imidazole rings is 1. The molecule has 2 bridgehead atoms. The van der Waals surface area contributed by atoms with Crippen LogP contribution in [0.4, 0.5) is 8.78 Å². The third-order valence-electron chi connectivity index (χ3n) is 5.98. The minimum Gasteiger partial charge on any atom is -0.507 e. The number of fused-ring (bicyclic) bond motifs is 2. The number of alkyl halides is 2. The first-order chi connectivity index (χ1) is 14.5. The zero-order chi connectivity index (χ0) is 20.8. The largest absolute Gasteiger partial charge is 0.507 e. The molecule has 0 spiro atoms. The van der Waals surface area contributed by atoms with Crippen molar-refractivity contribution in [2.45, 2.75) is 37.3 Å². The van der Waals surface area contributed by atoms with Gasteiger partial charge in [0.05, 0.1) is 23.8 Å². The van der Waals surface area contributed by atoms with Gasteiger partial charge in [0.2, 0.25) is 0 Å². The maximum absolute atomic E-state index is 14.8. The molecule has 4 heterocycles. The molecular weight excluding hydrogens is 390 g/mol. The molecule has 2 aromatic heterocycles. The molecule has 2 aliphatic rings. The van der Waals surface area contributed by atoms with E-state index in [2.05, 4.69) is 32.1 Å². The summed E-state index contributed by atoms with van der Waals surface area (Å²) < 4.78 is 30.5. The first kappa shape index (κ1) is 18.8. The summed E-state index contributed by atoms with van der Waals surface area (Å²) in [7, 11) is 0. The van der Waals surface area contributed by atoms with Gasteiger partial charge in [-0.15, -0.1) is 10.2 Å². The normalized spacial score (nSPS) is 27.9. The van der Waals surface area contributed by atoms with Gasteiger partial charge < -0.3 is 15.0 Å². The molecule has 3 unspecified atom stereocenters. The maximum atomic E-state index is 14.8. The Kier molecular flexibility index (Phi) is 4.54. The number of allylic oxidation sites excluding steroid dienone is 1. The standard InChI is InChI=1S/C21H20F2N6O/c1-11(14-7-16-15(22)8-17(26-16)20(14)23)18-9-25-21(28-27-18)13-3-2-12(6-19(13)30)29-5-4-24-10-29/h2-6,9-10,14-17,20,26,30H,1,7-8H2/t14?,15-,16?,17?,20-/m0/s1. The van der Waals surface area contributed by atoms with Gasteiger partial charge in [0.25, 0.3) is 0 Å². The first-order valence-electron chi connectivity index (χ1n) is 9.76. The summed E-state index contributed by atoms with van der Waals surface area (Å²) in [5.41, 5.74) is 2.01. The Labute approximate surface area is 171 Å². The number of hydrogen-bond acceptors (Lipinski definition) is 6. The van der Waals surface area contributed by atoms with Gasteiger partial charge in [-0.1, -0.05) is 6.58 Å². The molecule has 2 N–H and O–H groups in total. The average Bonchev–Trinajstić information content (AvgIpc) is 3.39. The smallest absolute Gasteiger partial charge is 0.185 e. The van der Waals surface area contributed by atoms with Crippen LogP contribution in [0, 0.1) is 5.92 Å². The number of rotatable bonds is 4. The highest BCUT2D eigenvalue weighted by Gasteiger charge is 2.48. The lowest BCUT2D eigenvalue weighted by Crippen LogP contribution is -2.48. The molecule has 2 fully saturated rings. The SMILES string of the molecule is C=C(c1cnc(-c2ccc(-n3ccnc3)cc2O)nn1)C1CC2NC(C[C@@H]2F)[C@H]1F. The topological polar surface area (TPSA) is 88.8 Å². The number of nitrogens with zero attached hydrogens (tertiary/aromatic N) is 5. The molecule has 7 nitrogen and oxygen atoms in total. The van der Waals surface area contributed by atoms with Crippen LogP contribution in [0.1, 0.15) is 18.5 Å². The molecule has 0 saturated carbocycles. The van der Waals surface area contributed by atoms with Crippen LogP contribution >= 0.6 is 0 Å². The Morgan fingerprint density at radius 1 is 1.20 bits per heavy atom. The van der Waals surface area contributed by atoms with Gasteiger partial charge in [-0.2, -0.15) is 0 Å². The van der Waals surface area contributed by atoms with Gasteiger partial charge in [0.15, 0.2) is 5.82 Å². The zero-order valence-corrected chi connectivity index (χ0v) is 16.0. The zero-order valence-electron chi connectivity index (χ0n) is 16.0. The Hall–Kier alpha value is -3.20. The van der Waals surface area contributed by atoms with Crippen molar-refractivity contribution in [1.29, 1.82) is 0 Å². The monoisotopic (exact) mass is 410 g/mol. The van der Waals surface area contributed by atoms with E-state index in [1.54, 1.807) is 41.5 Å². The number of hydrogen-bond donors (Lipinski definition) is 2. The Morgan fingerprint density at radius 2 is 2.07 bits per heavy atom. The Morgan fingerprint density at radius 3 is 2.77 bits per heavy atom. The highest BCUT2D eigenvalue weighted by Crippen LogP contribution is 2.40. The molecular formula is C21H20F2N6O. The van der Waals surface area contributed by atoms with Crippen LogP contribution in [-0.2, 0) is 0 Å².